The van der Waals surface area contributed by atoms with Crippen molar-refractivity contribution in [2.24, 2.45) is 0 Å². The van der Waals surface area contributed by atoms with E-state index in [9.17, 15) is 13.2 Å². The Morgan fingerprint density at radius 3 is 2.48 bits per heavy atom. The molecule has 0 unspecified atom stereocenters. The number of alkyl halides is 3. The van der Waals surface area contributed by atoms with Gasteiger partial charge in [-0.1, -0.05) is 12.1 Å². The molecule has 0 saturated carbocycles. The number of aryl methyl sites for hydroxylation is 2. The maximum Gasteiger partial charge on any atom is 0.408 e. The van der Waals surface area contributed by atoms with Gasteiger partial charge in [0, 0.05) is 31.9 Å². The summed E-state index contributed by atoms with van der Waals surface area (Å²) >= 11 is 0. The van der Waals surface area contributed by atoms with E-state index in [1.807, 2.05) is 0 Å². The highest BCUT2D eigenvalue weighted by Gasteiger charge is 2.30. The molecule has 0 radical (unpaired) electrons. The zero-order chi connectivity index (χ0) is 18.0. The second-order valence-electron chi connectivity index (χ2n) is 6.42. The Hall–Kier alpha value is -2.16. The van der Waals surface area contributed by atoms with Crippen molar-refractivity contribution in [2.75, 3.05) is 31.1 Å². The fourth-order valence-corrected chi connectivity index (χ4v) is 3.04. The van der Waals surface area contributed by atoms with Crippen LogP contribution in [0.3, 0.4) is 0 Å². The first-order chi connectivity index (χ1) is 11.8. The summed E-state index contributed by atoms with van der Waals surface area (Å²) in [4.78, 5) is 4.40. The van der Waals surface area contributed by atoms with Crippen LogP contribution >= 0.6 is 0 Å². The van der Waals surface area contributed by atoms with Gasteiger partial charge in [-0.05, 0) is 41.5 Å². The lowest BCUT2D eigenvalue weighted by atomic mass is 10.1. The Morgan fingerprint density at radius 2 is 1.80 bits per heavy atom. The monoisotopic (exact) mass is 354 g/mol. The minimum Gasteiger partial charge on any atom is -0.369 e. The molecule has 9 heteroatoms. The zero-order valence-electron chi connectivity index (χ0n) is 14.3. The molecule has 0 spiro atoms. The van der Waals surface area contributed by atoms with Crippen molar-refractivity contribution in [3.05, 3.63) is 35.2 Å². The van der Waals surface area contributed by atoms with Gasteiger partial charge < -0.3 is 4.90 Å². The molecule has 1 aromatic carbocycles. The summed E-state index contributed by atoms with van der Waals surface area (Å²) in [5, 5.41) is 10.6. The first kappa shape index (κ1) is 17.7. The fourth-order valence-electron chi connectivity index (χ4n) is 3.04. The van der Waals surface area contributed by atoms with Gasteiger partial charge in [0.2, 0.25) is 0 Å². The number of anilines is 1. The van der Waals surface area contributed by atoms with Crippen molar-refractivity contribution in [3.63, 3.8) is 0 Å². The van der Waals surface area contributed by atoms with Crippen LogP contribution in [0.15, 0.2) is 18.2 Å². The minimum atomic E-state index is -4.33. The summed E-state index contributed by atoms with van der Waals surface area (Å²) < 4.78 is 38.5. The maximum absolute atomic E-state index is 12.6. The van der Waals surface area contributed by atoms with E-state index in [2.05, 4.69) is 57.4 Å². The Balaban J connectivity index is 1.60. The zero-order valence-corrected chi connectivity index (χ0v) is 14.3. The van der Waals surface area contributed by atoms with E-state index in [4.69, 9.17) is 0 Å². The standard InChI is InChI=1S/C16H21F3N6/c1-12-3-4-13(2)14(9-12)24-7-5-23(6-8-24)10-15-20-21-22-25(15)11-16(17,18)19/h3-4,9H,5-8,10-11H2,1-2H3. The largest absolute Gasteiger partial charge is 0.408 e. The van der Waals surface area contributed by atoms with Gasteiger partial charge in [0.15, 0.2) is 5.82 Å². The molecular formula is C16H21F3N6. The molecule has 2 heterocycles. The van der Waals surface area contributed by atoms with Crippen LogP contribution in [0.5, 0.6) is 0 Å². The molecule has 0 amide bonds. The van der Waals surface area contributed by atoms with Crippen molar-refractivity contribution in [1.82, 2.24) is 25.1 Å². The lowest BCUT2D eigenvalue weighted by Crippen LogP contribution is -2.46. The van der Waals surface area contributed by atoms with Crippen LogP contribution in [0, 0.1) is 13.8 Å². The molecule has 3 rings (SSSR count). The van der Waals surface area contributed by atoms with Gasteiger partial charge in [-0.2, -0.15) is 13.2 Å². The van der Waals surface area contributed by atoms with E-state index in [0.717, 1.165) is 30.9 Å². The third kappa shape index (κ3) is 4.47. The predicted octanol–water partition coefficient (Wildman–Crippen LogP) is 2.17. The normalized spacial score (nSPS) is 16.4. The summed E-state index contributed by atoms with van der Waals surface area (Å²) in [7, 11) is 0. The molecule has 1 aliphatic rings. The molecule has 1 fully saturated rings. The van der Waals surface area contributed by atoms with Gasteiger partial charge in [-0.3, -0.25) is 4.90 Å². The van der Waals surface area contributed by atoms with Crippen molar-refractivity contribution < 1.29 is 13.2 Å². The van der Waals surface area contributed by atoms with E-state index in [1.54, 1.807) is 0 Å². The van der Waals surface area contributed by atoms with Crippen molar-refractivity contribution in [2.45, 2.75) is 33.1 Å². The SMILES string of the molecule is Cc1ccc(C)c(N2CCN(Cc3nnnn3CC(F)(F)F)CC2)c1. The quantitative estimate of drug-likeness (QED) is 0.842. The van der Waals surface area contributed by atoms with E-state index in [0.29, 0.717) is 6.54 Å². The number of hydrogen-bond acceptors (Lipinski definition) is 5. The first-order valence-electron chi connectivity index (χ1n) is 8.18. The molecule has 136 valence electrons. The number of aromatic nitrogens is 4. The number of benzene rings is 1. The van der Waals surface area contributed by atoms with Crippen LogP contribution in [0.4, 0.5) is 18.9 Å². The first-order valence-corrected chi connectivity index (χ1v) is 8.18. The van der Waals surface area contributed by atoms with E-state index in [-0.39, 0.29) is 5.82 Å². The minimum absolute atomic E-state index is 0.248. The Kier molecular flexibility index (Phi) is 4.94. The van der Waals surface area contributed by atoms with Gasteiger partial charge in [-0.25, -0.2) is 4.68 Å². The lowest BCUT2D eigenvalue weighted by Gasteiger charge is -2.36. The van der Waals surface area contributed by atoms with E-state index in [1.165, 1.54) is 16.8 Å². The topological polar surface area (TPSA) is 50.1 Å². The Morgan fingerprint density at radius 1 is 1.08 bits per heavy atom. The summed E-state index contributed by atoms with van der Waals surface area (Å²) in [6.07, 6.45) is -4.33. The molecule has 0 atom stereocenters. The third-order valence-electron chi connectivity index (χ3n) is 4.38. The number of halogens is 3. The molecule has 0 bridgehead atoms. The van der Waals surface area contributed by atoms with Crippen LogP contribution < -0.4 is 4.90 Å². The molecular weight excluding hydrogens is 333 g/mol. The highest BCUT2D eigenvalue weighted by Crippen LogP contribution is 2.23. The molecule has 1 aromatic heterocycles. The highest BCUT2D eigenvalue weighted by molar-refractivity contribution is 5.55. The average molecular weight is 354 g/mol. The third-order valence-corrected chi connectivity index (χ3v) is 4.38. The van der Waals surface area contributed by atoms with Gasteiger partial charge in [0.25, 0.3) is 0 Å². The molecule has 25 heavy (non-hydrogen) atoms. The summed E-state index contributed by atoms with van der Waals surface area (Å²) in [6.45, 7) is 6.49. The van der Waals surface area contributed by atoms with Crippen molar-refractivity contribution >= 4 is 5.69 Å². The number of hydrogen-bond donors (Lipinski definition) is 0. The van der Waals surface area contributed by atoms with Crippen LogP contribution in [-0.2, 0) is 13.1 Å². The second kappa shape index (κ2) is 6.99. The summed E-state index contributed by atoms with van der Waals surface area (Å²) in [5.41, 5.74) is 3.67. The smallest absolute Gasteiger partial charge is 0.369 e. The number of piperazine rings is 1. The Bertz CT molecular complexity index is 719. The van der Waals surface area contributed by atoms with E-state index >= 15 is 0 Å². The Labute approximate surface area is 144 Å². The highest BCUT2D eigenvalue weighted by atomic mass is 19.4. The van der Waals surface area contributed by atoms with Gasteiger partial charge >= 0.3 is 6.18 Å². The number of rotatable bonds is 4. The second-order valence-corrected chi connectivity index (χ2v) is 6.42. The summed E-state index contributed by atoms with van der Waals surface area (Å²) in [5.74, 6) is 0.248. The molecule has 2 aromatic rings. The predicted molar refractivity (Wildman–Crippen MR) is 87.3 cm³/mol. The summed E-state index contributed by atoms with van der Waals surface area (Å²) in [6, 6.07) is 6.38. The molecule has 0 N–H and O–H groups in total. The van der Waals surface area contributed by atoms with Crippen molar-refractivity contribution in [1.29, 1.82) is 0 Å². The van der Waals surface area contributed by atoms with Crippen LogP contribution in [0.25, 0.3) is 0 Å². The maximum atomic E-state index is 12.6. The molecule has 0 aliphatic carbocycles. The number of tetrazole rings is 1. The number of nitrogens with zero attached hydrogens (tertiary/aromatic N) is 6. The van der Waals surface area contributed by atoms with Crippen molar-refractivity contribution in [3.8, 4) is 0 Å². The van der Waals surface area contributed by atoms with Gasteiger partial charge in [0.1, 0.15) is 6.54 Å². The lowest BCUT2D eigenvalue weighted by molar-refractivity contribution is -0.143. The average Bonchev–Trinajstić information content (AvgIpc) is 2.95. The molecule has 6 nitrogen and oxygen atoms in total. The van der Waals surface area contributed by atoms with Gasteiger partial charge in [-0.15, -0.1) is 5.10 Å². The molecule has 1 saturated heterocycles. The van der Waals surface area contributed by atoms with Crippen LogP contribution in [0.1, 0.15) is 17.0 Å². The van der Waals surface area contributed by atoms with Crippen LogP contribution in [0.2, 0.25) is 0 Å². The van der Waals surface area contributed by atoms with Gasteiger partial charge in [0.05, 0.1) is 6.54 Å². The molecule has 1 aliphatic heterocycles. The van der Waals surface area contributed by atoms with Crippen LogP contribution in [-0.4, -0.2) is 57.5 Å². The fraction of sp³-hybridized carbons (Fsp3) is 0.562. The van der Waals surface area contributed by atoms with E-state index < -0.39 is 12.7 Å².